The van der Waals surface area contributed by atoms with Crippen LogP contribution in [0.15, 0.2) is 42.5 Å². The molecule has 8 heteroatoms. The van der Waals surface area contributed by atoms with Gasteiger partial charge in [0.15, 0.2) is 17.5 Å². The number of benzene rings is 2. The molecule has 8 nitrogen and oxygen atoms in total. The van der Waals surface area contributed by atoms with E-state index in [1.54, 1.807) is 54.1 Å². The highest BCUT2D eigenvalue weighted by Crippen LogP contribution is 2.44. The van der Waals surface area contributed by atoms with Crippen molar-refractivity contribution < 1.29 is 28.9 Å². The van der Waals surface area contributed by atoms with E-state index in [1.165, 1.54) is 21.3 Å². The number of aliphatic carboxylic acids is 1. The summed E-state index contributed by atoms with van der Waals surface area (Å²) in [5.41, 5.74) is 1.38. The maximum absolute atomic E-state index is 12.9. The summed E-state index contributed by atoms with van der Waals surface area (Å²) in [5.74, 6) is -0.393. The van der Waals surface area contributed by atoms with Gasteiger partial charge in [-0.1, -0.05) is 30.3 Å². The summed E-state index contributed by atoms with van der Waals surface area (Å²) in [6.07, 6.45) is 0. The predicted molar refractivity (Wildman–Crippen MR) is 107 cm³/mol. The fourth-order valence-electron chi connectivity index (χ4n) is 3.34. The zero-order valence-electron chi connectivity index (χ0n) is 16.6. The van der Waals surface area contributed by atoms with Gasteiger partial charge in [0.1, 0.15) is 5.69 Å². The molecule has 0 fully saturated rings. The second-order valence-corrected chi connectivity index (χ2v) is 6.33. The van der Waals surface area contributed by atoms with Crippen LogP contribution in [-0.4, -0.2) is 42.9 Å². The third-order valence-corrected chi connectivity index (χ3v) is 4.71. The highest BCUT2D eigenvalue weighted by molar-refractivity contribution is 6.02. The van der Waals surface area contributed by atoms with E-state index in [-0.39, 0.29) is 5.69 Å². The molecule has 1 heterocycles. The van der Waals surface area contributed by atoms with Crippen molar-refractivity contribution in [3.05, 3.63) is 53.7 Å². The van der Waals surface area contributed by atoms with Crippen LogP contribution in [0.1, 0.15) is 22.1 Å². The molecule has 0 spiro atoms. The van der Waals surface area contributed by atoms with Gasteiger partial charge in [-0.2, -0.15) is 0 Å². The number of hydrogen-bond donors (Lipinski definition) is 2. The van der Waals surface area contributed by atoms with E-state index in [0.717, 1.165) is 0 Å². The Labute approximate surface area is 167 Å². The first kappa shape index (κ1) is 20.1. The number of carbonyl (C=O) groups is 2. The van der Waals surface area contributed by atoms with Gasteiger partial charge < -0.3 is 29.2 Å². The van der Waals surface area contributed by atoms with Crippen molar-refractivity contribution in [2.24, 2.45) is 7.05 Å². The Hall–Kier alpha value is -3.68. The summed E-state index contributed by atoms with van der Waals surface area (Å²) in [4.78, 5) is 24.6. The maximum atomic E-state index is 12.9. The fourth-order valence-corrected chi connectivity index (χ4v) is 3.34. The van der Waals surface area contributed by atoms with E-state index in [4.69, 9.17) is 14.2 Å². The van der Waals surface area contributed by atoms with Crippen molar-refractivity contribution in [2.45, 2.75) is 6.04 Å². The number of ether oxygens (including phenoxy) is 3. The van der Waals surface area contributed by atoms with Gasteiger partial charge >= 0.3 is 5.97 Å². The Morgan fingerprint density at radius 1 is 1.00 bits per heavy atom. The van der Waals surface area contributed by atoms with E-state index in [0.29, 0.717) is 33.7 Å². The standard InChI is InChI=1S/C21H22N2O6/c1-23-14(20(24)22-16(21(25)26)12-8-6-5-7-9-12)10-13-11-15(27-2)18(28-3)19(29-4)17(13)23/h5-11,16H,1-4H3,(H,22,24)(H,25,26). The van der Waals surface area contributed by atoms with Crippen LogP contribution in [0.25, 0.3) is 10.9 Å². The molecule has 3 rings (SSSR count). The van der Waals surface area contributed by atoms with Gasteiger partial charge in [-0.25, -0.2) is 4.79 Å². The largest absolute Gasteiger partial charge is 0.493 e. The first-order chi connectivity index (χ1) is 13.9. The molecule has 2 aromatic carbocycles. The van der Waals surface area contributed by atoms with E-state index in [9.17, 15) is 14.7 Å². The number of fused-ring (bicyclic) bond motifs is 1. The summed E-state index contributed by atoms with van der Waals surface area (Å²) in [6, 6.07) is 10.7. The Bertz CT molecular complexity index is 1060. The number of methoxy groups -OCH3 is 3. The van der Waals surface area contributed by atoms with Crippen LogP contribution < -0.4 is 19.5 Å². The normalized spacial score (nSPS) is 11.7. The number of aromatic nitrogens is 1. The van der Waals surface area contributed by atoms with Crippen LogP contribution in [-0.2, 0) is 11.8 Å². The molecule has 0 saturated carbocycles. The average Bonchev–Trinajstić information content (AvgIpc) is 3.06. The van der Waals surface area contributed by atoms with Crippen molar-refractivity contribution in [1.82, 2.24) is 9.88 Å². The molecule has 0 saturated heterocycles. The van der Waals surface area contributed by atoms with Gasteiger partial charge in [0, 0.05) is 12.4 Å². The molecule has 29 heavy (non-hydrogen) atoms. The van der Waals surface area contributed by atoms with Crippen LogP contribution in [0.2, 0.25) is 0 Å². The minimum atomic E-state index is -1.17. The predicted octanol–water partition coefficient (Wildman–Crippen LogP) is 2.76. The van der Waals surface area contributed by atoms with E-state index < -0.39 is 17.9 Å². The van der Waals surface area contributed by atoms with E-state index >= 15 is 0 Å². The van der Waals surface area contributed by atoms with Crippen LogP contribution in [0, 0.1) is 0 Å². The molecule has 0 aliphatic carbocycles. The monoisotopic (exact) mass is 398 g/mol. The third-order valence-electron chi connectivity index (χ3n) is 4.71. The minimum Gasteiger partial charge on any atom is -0.493 e. The molecule has 1 aromatic heterocycles. The van der Waals surface area contributed by atoms with Gasteiger partial charge in [0.05, 0.1) is 26.8 Å². The van der Waals surface area contributed by atoms with Gasteiger partial charge in [0.25, 0.3) is 5.91 Å². The lowest BCUT2D eigenvalue weighted by Crippen LogP contribution is -2.34. The molecule has 0 aliphatic heterocycles. The lowest BCUT2D eigenvalue weighted by Gasteiger charge is -2.16. The number of carboxylic acid groups (broad SMARTS) is 1. The lowest BCUT2D eigenvalue weighted by molar-refractivity contribution is -0.139. The molecule has 2 N–H and O–H groups in total. The molecule has 3 aromatic rings. The first-order valence-electron chi connectivity index (χ1n) is 8.79. The minimum absolute atomic E-state index is 0.274. The maximum Gasteiger partial charge on any atom is 0.330 e. The number of nitrogens with one attached hydrogen (secondary N) is 1. The Kier molecular flexibility index (Phi) is 5.63. The summed E-state index contributed by atoms with van der Waals surface area (Å²) >= 11 is 0. The average molecular weight is 398 g/mol. The molecule has 152 valence electrons. The van der Waals surface area contributed by atoms with Gasteiger partial charge in [-0.15, -0.1) is 0 Å². The molecular weight excluding hydrogens is 376 g/mol. The molecule has 1 amide bonds. The molecule has 0 radical (unpaired) electrons. The van der Waals surface area contributed by atoms with Gasteiger partial charge in [0.2, 0.25) is 5.75 Å². The van der Waals surface area contributed by atoms with Crippen LogP contribution in [0.4, 0.5) is 0 Å². The SMILES string of the molecule is COc1cc2cc(C(=O)NC(C(=O)O)c3ccccc3)n(C)c2c(OC)c1OC. The topological polar surface area (TPSA) is 99.0 Å². The van der Waals surface area contributed by atoms with Crippen molar-refractivity contribution >= 4 is 22.8 Å². The number of amides is 1. The number of carbonyl (C=O) groups excluding carboxylic acids is 1. The van der Waals surface area contributed by atoms with Crippen LogP contribution >= 0.6 is 0 Å². The van der Waals surface area contributed by atoms with E-state index in [1.807, 2.05) is 0 Å². The Balaban J connectivity index is 2.06. The summed E-state index contributed by atoms with van der Waals surface area (Å²) in [7, 11) is 6.21. The second kappa shape index (κ2) is 8.14. The zero-order chi connectivity index (χ0) is 21.1. The quantitative estimate of drug-likeness (QED) is 0.635. The molecule has 0 aliphatic rings. The van der Waals surface area contributed by atoms with Crippen molar-refractivity contribution in [2.75, 3.05) is 21.3 Å². The number of hydrogen-bond acceptors (Lipinski definition) is 5. The third kappa shape index (κ3) is 3.56. The number of nitrogens with zero attached hydrogens (tertiary/aromatic N) is 1. The number of rotatable bonds is 7. The molecular formula is C21H22N2O6. The van der Waals surface area contributed by atoms with Crippen LogP contribution in [0.3, 0.4) is 0 Å². The first-order valence-corrected chi connectivity index (χ1v) is 8.79. The summed E-state index contributed by atoms with van der Waals surface area (Å²) in [6.45, 7) is 0. The van der Waals surface area contributed by atoms with Gasteiger partial charge in [-0.05, 0) is 17.7 Å². The Morgan fingerprint density at radius 3 is 2.21 bits per heavy atom. The van der Waals surface area contributed by atoms with E-state index in [2.05, 4.69) is 5.32 Å². The number of carboxylic acids is 1. The highest BCUT2D eigenvalue weighted by atomic mass is 16.5. The zero-order valence-corrected chi connectivity index (χ0v) is 16.6. The fraction of sp³-hybridized carbons (Fsp3) is 0.238. The highest BCUT2D eigenvalue weighted by Gasteiger charge is 2.26. The molecule has 1 unspecified atom stereocenters. The lowest BCUT2D eigenvalue weighted by atomic mass is 10.1. The van der Waals surface area contributed by atoms with Gasteiger partial charge in [-0.3, -0.25) is 4.79 Å². The Morgan fingerprint density at radius 2 is 1.66 bits per heavy atom. The molecule has 0 bridgehead atoms. The van der Waals surface area contributed by atoms with Crippen molar-refractivity contribution in [3.63, 3.8) is 0 Å². The van der Waals surface area contributed by atoms with Crippen molar-refractivity contribution in [1.29, 1.82) is 0 Å². The molecule has 1 atom stereocenters. The van der Waals surface area contributed by atoms with Crippen molar-refractivity contribution in [3.8, 4) is 17.2 Å². The summed E-state index contributed by atoms with van der Waals surface area (Å²) in [5, 5.41) is 12.9. The smallest absolute Gasteiger partial charge is 0.330 e. The summed E-state index contributed by atoms with van der Waals surface area (Å²) < 4.78 is 17.9. The number of aryl methyl sites for hydroxylation is 1. The second-order valence-electron chi connectivity index (χ2n) is 6.33. The van der Waals surface area contributed by atoms with Crippen LogP contribution in [0.5, 0.6) is 17.2 Å².